The van der Waals surface area contributed by atoms with E-state index in [1.165, 1.54) is 0 Å². The van der Waals surface area contributed by atoms with Crippen molar-refractivity contribution < 1.29 is 4.79 Å². The van der Waals surface area contributed by atoms with Gasteiger partial charge in [0.25, 0.3) is 0 Å². The van der Waals surface area contributed by atoms with Crippen LogP contribution in [-0.4, -0.2) is 18.5 Å². The van der Waals surface area contributed by atoms with Crippen molar-refractivity contribution in [2.45, 2.75) is 19.4 Å². The molecule has 2 N–H and O–H groups in total. The van der Waals surface area contributed by atoms with Gasteiger partial charge >= 0.3 is 0 Å². The van der Waals surface area contributed by atoms with Gasteiger partial charge in [0.05, 0.1) is 11.2 Å². The lowest BCUT2D eigenvalue weighted by molar-refractivity contribution is -0.121. The second-order valence-corrected chi connectivity index (χ2v) is 4.97. The minimum absolute atomic E-state index is 0.0332. The molecule has 15 heavy (non-hydrogen) atoms. The number of likely N-dealkylation sites (N-methyl/N-ethyl adjacent to an activating group) is 1. The number of benzene rings is 1. The third-order valence-corrected chi connectivity index (χ3v) is 3.26. The first-order valence-electron chi connectivity index (χ1n) is 4.72. The number of halogens is 1. The van der Waals surface area contributed by atoms with Crippen molar-refractivity contribution in [2.24, 2.45) is 0 Å². The predicted octanol–water partition coefficient (Wildman–Crippen LogP) is 2.23. The number of nitrogens with one attached hydrogen (secondary N) is 2. The Kier molecular flexibility index (Phi) is 4.10. The highest BCUT2D eigenvalue weighted by Crippen LogP contribution is 2.18. The van der Waals surface area contributed by atoms with E-state index in [4.69, 9.17) is 0 Å². The standard InChI is InChI=1S/C11H15IN2O/c1-11(2,13-3)10(15)14-9-7-5-4-6-8(9)12/h4-7,13H,1-3H3,(H,14,15). The minimum atomic E-state index is -0.557. The summed E-state index contributed by atoms with van der Waals surface area (Å²) in [6.45, 7) is 3.69. The fourth-order valence-corrected chi connectivity index (χ4v) is 1.48. The van der Waals surface area contributed by atoms with Gasteiger partial charge in [-0.25, -0.2) is 0 Å². The van der Waals surface area contributed by atoms with Crippen molar-refractivity contribution in [1.82, 2.24) is 5.32 Å². The number of hydrogen-bond acceptors (Lipinski definition) is 2. The zero-order chi connectivity index (χ0) is 11.5. The average molecular weight is 318 g/mol. The summed E-state index contributed by atoms with van der Waals surface area (Å²) in [6.07, 6.45) is 0. The number of hydrogen-bond donors (Lipinski definition) is 2. The predicted molar refractivity (Wildman–Crippen MR) is 70.9 cm³/mol. The van der Waals surface area contributed by atoms with Gasteiger partial charge in [-0.05, 0) is 55.6 Å². The maximum absolute atomic E-state index is 11.8. The zero-order valence-corrected chi connectivity index (χ0v) is 11.3. The molecular weight excluding hydrogens is 303 g/mol. The Balaban J connectivity index is 2.80. The van der Waals surface area contributed by atoms with Crippen LogP contribution in [-0.2, 0) is 4.79 Å². The quantitative estimate of drug-likeness (QED) is 0.839. The van der Waals surface area contributed by atoms with Crippen molar-refractivity contribution >= 4 is 34.2 Å². The molecule has 3 nitrogen and oxygen atoms in total. The van der Waals surface area contributed by atoms with Gasteiger partial charge in [-0.1, -0.05) is 12.1 Å². The van der Waals surface area contributed by atoms with E-state index >= 15 is 0 Å². The van der Waals surface area contributed by atoms with Crippen LogP contribution in [0.25, 0.3) is 0 Å². The van der Waals surface area contributed by atoms with Crippen LogP contribution in [0.15, 0.2) is 24.3 Å². The molecule has 0 radical (unpaired) electrons. The van der Waals surface area contributed by atoms with E-state index in [0.29, 0.717) is 0 Å². The van der Waals surface area contributed by atoms with E-state index < -0.39 is 5.54 Å². The first-order chi connectivity index (χ1) is 6.97. The van der Waals surface area contributed by atoms with Crippen molar-refractivity contribution in [2.75, 3.05) is 12.4 Å². The SMILES string of the molecule is CNC(C)(C)C(=O)Nc1ccccc1I. The van der Waals surface area contributed by atoms with Crippen LogP contribution in [0.5, 0.6) is 0 Å². The third kappa shape index (κ3) is 3.17. The number of amides is 1. The van der Waals surface area contributed by atoms with Crippen molar-refractivity contribution in [1.29, 1.82) is 0 Å². The largest absolute Gasteiger partial charge is 0.324 e. The normalized spacial score (nSPS) is 11.2. The van der Waals surface area contributed by atoms with E-state index in [1.54, 1.807) is 7.05 Å². The van der Waals surface area contributed by atoms with Crippen LogP contribution in [0.3, 0.4) is 0 Å². The highest BCUT2D eigenvalue weighted by Gasteiger charge is 2.25. The Morgan fingerprint density at radius 2 is 1.93 bits per heavy atom. The number of carbonyl (C=O) groups excluding carboxylic acids is 1. The molecule has 1 aromatic carbocycles. The summed E-state index contributed by atoms with van der Waals surface area (Å²) in [4.78, 5) is 11.8. The highest BCUT2D eigenvalue weighted by molar-refractivity contribution is 14.1. The molecule has 0 aromatic heterocycles. The van der Waals surface area contributed by atoms with Crippen LogP contribution >= 0.6 is 22.6 Å². The molecule has 0 heterocycles. The molecule has 0 atom stereocenters. The van der Waals surface area contributed by atoms with Gasteiger partial charge in [0, 0.05) is 3.57 Å². The lowest BCUT2D eigenvalue weighted by atomic mass is 10.1. The van der Waals surface area contributed by atoms with E-state index in [1.807, 2.05) is 38.1 Å². The maximum atomic E-state index is 11.8. The Bertz CT molecular complexity index is 363. The van der Waals surface area contributed by atoms with Crippen LogP contribution in [0.1, 0.15) is 13.8 Å². The number of carbonyl (C=O) groups is 1. The topological polar surface area (TPSA) is 41.1 Å². The summed E-state index contributed by atoms with van der Waals surface area (Å²) < 4.78 is 1.04. The summed E-state index contributed by atoms with van der Waals surface area (Å²) in [5.74, 6) is -0.0332. The average Bonchev–Trinajstić information content (AvgIpc) is 2.21. The molecule has 0 saturated heterocycles. The van der Waals surface area contributed by atoms with Gasteiger partial charge in [-0.15, -0.1) is 0 Å². The van der Waals surface area contributed by atoms with Crippen molar-refractivity contribution in [3.8, 4) is 0 Å². The fraction of sp³-hybridized carbons (Fsp3) is 0.364. The zero-order valence-electron chi connectivity index (χ0n) is 9.10. The Hall–Kier alpha value is -0.620. The van der Waals surface area contributed by atoms with E-state index in [0.717, 1.165) is 9.26 Å². The van der Waals surface area contributed by atoms with E-state index in [-0.39, 0.29) is 5.91 Å². The third-order valence-electron chi connectivity index (χ3n) is 2.31. The Labute approximate surface area is 104 Å². The molecule has 0 aliphatic heterocycles. The van der Waals surface area contributed by atoms with Gasteiger partial charge in [-0.2, -0.15) is 0 Å². The van der Waals surface area contributed by atoms with Gasteiger partial charge in [0.1, 0.15) is 0 Å². The van der Waals surface area contributed by atoms with Crippen LogP contribution < -0.4 is 10.6 Å². The van der Waals surface area contributed by atoms with Crippen LogP contribution in [0.4, 0.5) is 5.69 Å². The molecular formula is C11H15IN2O. The first kappa shape index (κ1) is 12.4. The van der Waals surface area contributed by atoms with Crippen LogP contribution in [0, 0.1) is 3.57 Å². The second kappa shape index (κ2) is 4.94. The molecule has 0 aliphatic carbocycles. The second-order valence-electron chi connectivity index (χ2n) is 3.81. The van der Waals surface area contributed by atoms with E-state index in [9.17, 15) is 4.79 Å². The summed E-state index contributed by atoms with van der Waals surface area (Å²) in [7, 11) is 1.77. The van der Waals surface area contributed by atoms with Crippen molar-refractivity contribution in [3.05, 3.63) is 27.8 Å². The van der Waals surface area contributed by atoms with Gasteiger partial charge in [0.15, 0.2) is 0 Å². The monoisotopic (exact) mass is 318 g/mol. The molecule has 0 unspecified atom stereocenters. The highest BCUT2D eigenvalue weighted by atomic mass is 127. The molecule has 0 bridgehead atoms. The number of para-hydroxylation sites is 1. The molecule has 0 fully saturated rings. The molecule has 82 valence electrons. The minimum Gasteiger partial charge on any atom is -0.324 e. The Morgan fingerprint density at radius 1 is 1.33 bits per heavy atom. The lowest BCUT2D eigenvalue weighted by Gasteiger charge is -2.23. The first-order valence-corrected chi connectivity index (χ1v) is 5.80. The summed E-state index contributed by atoms with van der Waals surface area (Å²) >= 11 is 2.20. The molecule has 0 aliphatic rings. The fourth-order valence-electron chi connectivity index (χ4n) is 0.955. The van der Waals surface area contributed by atoms with Gasteiger partial charge < -0.3 is 10.6 Å². The molecule has 0 saturated carbocycles. The van der Waals surface area contributed by atoms with Gasteiger partial charge in [0.2, 0.25) is 5.91 Å². The maximum Gasteiger partial charge on any atom is 0.244 e. The smallest absolute Gasteiger partial charge is 0.244 e. The number of anilines is 1. The summed E-state index contributed by atoms with van der Waals surface area (Å²) in [6, 6.07) is 7.71. The van der Waals surface area contributed by atoms with E-state index in [2.05, 4.69) is 33.2 Å². The molecule has 1 aromatic rings. The summed E-state index contributed by atoms with van der Waals surface area (Å²) in [5.41, 5.74) is 0.297. The molecule has 4 heteroatoms. The molecule has 0 spiro atoms. The number of rotatable bonds is 3. The molecule has 1 rings (SSSR count). The molecule has 1 amide bonds. The van der Waals surface area contributed by atoms with Crippen LogP contribution in [0.2, 0.25) is 0 Å². The Morgan fingerprint density at radius 3 is 2.47 bits per heavy atom. The lowest BCUT2D eigenvalue weighted by Crippen LogP contribution is -2.48. The van der Waals surface area contributed by atoms with Gasteiger partial charge in [-0.3, -0.25) is 4.79 Å². The van der Waals surface area contributed by atoms with Crippen molar-refractivity contribution in [3.63, 3.8) is 0 Å². The summed E-state index contributed by atoms with van der Waals surface area (Å²) in [5, 5.41) is 5.86.